The Morgan fingerprint density at radius 2 is 1.94 bits per heavy atom. The Morgan fingerprint density at radius 3 is 2.31 bits per heavy atom. The van der Waals surface area contributed by atoms with Gasteiger partial charge in [-0.25, -0.2) is 4.79 Å². The maximum atomic E-state index is 11.2. The predicted molar refractivity (Wildman–Crippen MR) is 56.3 cm³/mol. The summed E-state index contributed by atoms with van der Waals surface area (Å²) in [6, 6.07) is -1.44. The molecular weight excluding hydrogens is 214 g/mol. The zero-order valence-electron chi connectivity index (χ0n) is 9.10. The maximum Gasteiger partial charge on any atom is 0.326 e. The van der Waals surface area contributed by atoms with Crippen LogP contribution >= 0.6 is 0 Å². The fourth-order valence-electron chi connectivity index (χ4n) is 1.09. The fraction of sp³-hybridized carbons (Fsp3) is 0.667. The lowest BCUT2D eigenvalue weighted by atomic mass is 10.1. The lowest BCUT2D eigenvalue weighted by molar-refractivity contribution is -0.142. The number of carbonyl (C=O) groups is 3. The molecule has 0 rings (SSSR count). The first-order valence-corrected chi connectivity index (χ1v) is 4.89. The summed E-state index contributed by atoms with van der Waals surface area (Å²) in [5.41, 5.74) is 10.3. The van der Waals surface area contributed by atoms with Gasteiger partial charge in [-0.1, -0.05) is 0 Å². The van der Waals surface area contributed by atoms with Gasteiger partial charge < -0.3 is 21.9 Å². The van der Waals surface area contributed by atoms with Crippen molar-refractivity contribution in [3.8, 4) is 0 Å². The summed E-state index contributed by atoms with van der Waals surface area (Å²) in [6.45, 7) is 1.64. The van der Waals surface area contributed by atoms with Gasteiger partial charge in [0.1, 0.15) is 6.04 Å². The summed E-state index contributed by atoms with van der Waals surface area (Å²) in [6.07, 6.45) is -0.0643. The van der Waals surface area contributed by atoms with E-state index in [2.05, 4.69) is 5.32 Å². The van der Waals surface area contributed by atoms with Gasteiger partial charge in [-0.3, -0.25) is 9.59 Å². The molecule has 0 spiro atoms. The highest BCUT2D eigenvalue weighted by molar-refractivity contribution is 5.84. The van der Waals surface area contributed by atoms with E-state index in [1.54, 1.807) is 6.92 Å². The number of hydrogen-bond acceptors (Lipinski definition) is 4. The van der Waals surface area contributed by atoms with E-state index in [-0.39, 0.29) is 25.3 Å². The predicted octanol–water partition coefficient (Wildman–Crippen LogP) is -1.44. The molecule has 0 saturated heterocycles. The summed E-state index contributed by atoms with van der Waals surface area (Å²) in [5, 5.41) is 11.0. The topological polar surface area (TPSA) is 136 Å². The van der Waals surface area contributed by atoms with Crippen molar-refractivity contribution in [1.82, 2.24) is 5.32 Å². The van der Waals surface area contributed by atoms with Crippen LogP contribution in [0.4, 0.5) is 0 Å². The molecule has 0 saturated carbocycles. The highest BCUT2D eigenvalue weighted by Crippen LogP contribution is 1.98. The van der Waals surface area contributed by atoms with Gasteiger partial charge in [-0.05, 0) is 13.3 Å². The molecule has 92 valence electrons. The van der Waals surface area contributed by atoms with Gasteiger partial charge in [-0.2, -0.15) is 0 Å². The van der Waals surface area contributed by atoms with E-state index in [1.807, 2.05) is 0 Å². The molecule has 0 heterocycles. The fourth-order valence-corrected chi connectivity index (χ4v) is 1.09. The van der Waals surface area contributed by atoms with Gasteiger partial charge in [0.25, 0.3) is 0 Å². The lowest BCUT2D eigenvalue weighted by Gasteiger charge is -2.14. The van der Waals surface area contributed by atoms with Gasteiger partial charge in [-0.15, -0.1) is 0 Å². The number of carboxylic acid groups (broad SMARTS) is 1. The zero-order valence-corrected chi connectivity index (χ0v) is 9.10. The molecule has 0 aromatic carbocycles. The molecule has 7 heteroatoms. The summed E-state index contributed by atoms with van der Waals surface area (Å²) >= 11 is 0. The average Bonchev–Trinajstić information content (AvgIpc) is 2.09. The Kier molecular flexibility index (Phi) is 6.09. The second kappa shape index (κ2) is 6.78. The number of aliphatic carboxylic acids is 1. The molecule has 2 atom stereocenters. The Bertz CT molecular complexity index is 278. The van der Waals surface area contributed by atoms with Crippen molar-refractivity contribution >= 4 is 17.8 Å². The molecule has 0 bridgehead atoms. The monoisotopic (exact) mass is 231 g/mol. The Balaban J connectivity index is 4.17. The van der Waals surface area contributed by atoms with Crippen LogP contribution < -0.4 is 16.8 Å². The molecule has 0 aliphatic rings. The number of carbonyl (C=O) groups excluding carboxylic acids is 2. The number of nitrogens with one attached hydrogen (secondary N) is 1. The standard InChI is InChI=1S/C9H17N3O4/c1-5(10)4-8(14)12-6(9(15)16)2-3-7(11)13/h5-6H,2-4,10H2,1H3,(H2,11,13)(H,12,14)(H,15,16)/t5?,6-/m1/s1. The third-order valence-corrected chi connectivity index (χ3v) is 1.82. The number of hydrogen-bond donors (Lipinski definition) is 4. The van der Waals surface area contributed by atoms with Crippen molar-refractivity contribution in [2.24, 2.45) is 11.5 Å². The molecule has 0 radical (unpaired) electrons. The normalized spacial score (nSPS) is 13.9. The van der Waals surface area contributed by atoms with Crippen molar-refractivity contribution < 1.29 is 19.5 Å². The number of carboxylic acids is 1. The van der Waals surface area contributed by atoms with E-state index in [9.17, 15) is 14.4 Å². The first kappa shape index (κ1) is 14.4. The van der Waals surface area contributed by atoms with Crippen molar-refractivity contribution in [1.29, 1.82) is 0 Å². The molecule has 0 aromatic heterocycles. The number of primary amides is 1. The first-order valence-electron chi connectivity index (χ1n) is 4.89. The second-order valence-electron chi connectivity index (χ2n) is 3.64. The van der Waals surface area contributed by atoms with Crippen molar-refractivity contribution in [2.45, 2.75) is 38.3 Å². The molecule has 0 aromatic rings. The van der Waals surface area contributed by atoms with Crippen molar-refractivity contribution in [3.05, 3.63) is 0 Å². The highest BCUT2D eigenvalue weighted by Gasteiger charge is 2.20. The lowest BCUT2D eigenvalue weighted by Crippen LogP contribution is -2.42. The van der Waals surface area contributed by atoms with Crippen LogP contribution in [-0.4, -0.2) is 35.0 Å². The molecule has 0 fully saturated rings. The molecule has 6 N–H and O–H groups in total. The summed E-state index contributed by atoms with van der Waals surface area (Å²) < 4.78 is 0. The third kappa shape index (κ3) is 6.77. The third-order valence-electron chi connectivity index (χ3n) is 1.82. The highest BCUT2D eigenvalue weighted by atomic mass is 16.4. The van der Waals surface area contributed by atoms with Crippen LogP contribution in [0.2, 0.25) is 0 Å². The van der Waals surface area contributed by atoms with E-state index < -0.39 is 23.8 Å². The maximum absolute atomic E-state index is 11.2. The van der Waals surface area contributed by atoms with Gasteiger partial charge in [0.2, 0.25) is 11.8 Å². The van der Waals surface area contributed by atoms with Crippen LogP contribution in [0.1, 0.15) is 26.2 Å². The molecular formula is C9H17N3O4. The first-order chi connectivity index (χ1) is 7.32. The minimum Gasteiger partial charge on any atom is -0.480 e. The minimum absolute atomic E-state index is 0.0185. The smallest absolute Gasteiger partial charge is 0.326 e. The van der Waals surface area contributed by atoms with Crippen LogP contribution in [-0.2, 0) is 14.4 Å². The number of rotatable bonds is 7. The van der Waals surface area contributed by atoms with Gasteiger partial charge in [0, 0.05) is 18.9 Å². The van der Waals surface area contributed by atoms with E-state index in [1.165, 1.54) is 0 Å². The Hall–Kier alpha value is -1.63. The summed E-state index contributed by atoms with van der Waals surface area (Å²) in [4.78, 5) is 32.5. The average molecular weight is 231 g/mol. The van der Waals surface area contributed by atoms with Crippen LogP contribution in [0.3, 0.4) is 0 Å². The van der Waals surface area contributed by atoms with E-state index >= 15 is 0 Å². The second-order valence-corrected chi connectivity index (χ2v) is 3.64. The van der Waals surface area contributed by atoms with Crippen LogP contribution in [0.25, 0.3) is 0 Å². The molecule has 0 aliphatic heterocycles. The van der Waals surface area contributed by atoms with E-state index in [0.29, 0.717) is 0 Å². The van der Waals surface area contributed by atoms with Crippen molar-refractivity contribution in [2.75, 3.05) is 0 Å². The molecule has 2 amide bonds. The quantitative estimate of drug-likeness (QED) is 0.425. The van der Waals surface area contributed by atoms with Crippen molar-refractivity contribution in [3.63, 3.8) is 0 Å². The molecule has 7 nitrogen and oxygen atoms in total. The minimum atomic E-state index is -1.20. The largest absolute Gasteiger partial charge is 0.480 e. The van der Waals surface area contributed by atoms with E-state index in [4.69, 9.17) is 16.6 Å². The number of nitrogens with two attached hydrogens (primary N) is 2. The molecule has 1 unspecified atom stereocenters. The van der Waals surface area contributed by atoms with Crippen LogP contribution in [0.15, 0.2) is 0 Å². The summed E-state index contributed by atoms with van der Waals surface area (Å²) in [5.74, 6) is -2.25. The van der Waals surface area contributed by atoms with E-state index in [0.717, 1.165) is 0 Å². The SMILES string of the molecule is CC(N)CC(=O)N[C@H](CCC(N)=O)C(=O)O. The van der Waals surface area contributed by atoms with Gasteiger partial charge in [0.05, 0.1) is 0 Å². The Labute approximate surface area is 93.2 Å². The van der Waals surface area contributed by atoms with Gasteiger partial charge >= 0.3 is 5.97 Å². The molecule has 16 heavy (non-hydrogen) atoms. The van der Waals surface area contributed by atoms with Crippen LogP contribution in [0.5, 0.6) is 0 Å². The van der Waals surface area contributed by atoms with Crippen LogP contribution in [0, 0.1) is 0 Å². The zero-order chi connectivity index (χ0) is 12.7. The number of amides is 2. The molecule has 0 aliphatic carbocycles. The Morgan fingerprint density at radius 1 is 1.38 bits per heavy atom. The van der Waals surface area contributed by atoms with Gasteiger partial charge in [0.15, 0.2) is 0 Å². The summed E-state index contributed by atoms with van der Waals surface area (Å²) in [7, 11) is 0.